The van der Waals surface area contributed by atoms with E-state index in [0.717, 1.165) is 11.8 Å². The summed E-state index contributed by atoms with van der Waals surface area (Å²) in [5.74, 6) is -2.67. The third-order valence-corrected chi connectivity index (χ3v) is 4.36. The van der Waals surface area contributed by atoms with Gasteiger partial charge >= 0.3 is 11.9 Å². The maximum atomic E-state index is 12.0. The van der Waals surface area contributed by atoms with E-state index in [1.54, 1.807) is 18.2 Å². The van der Waals surface area contributed by atoms with Gasteiger partial charge in [-0.1, -0.05) is 23.7 Å². The highest BCUT2D eigenvalue weighted by Gasteiger charge is 2.13. The van der Waals surface area contributed by atoms with E-state index in [9.17, 15) is 14.4 Å². The van der Waals surface area contributed by atoms with E-state index >= 15 is 0 Å². The van der Waals surface area contributed by atoms with E-state index in [-0.39, 0.29) is 27.8 Å². The summed E-state index contributed by atoms with van der Waals surface area (Å²) in [4.78, 5) is 34.6. The second-order valence-electron chi connectivity index (χ2n) is 4.64. The van der Waals surface area contributed by atoms with Crippen LogP contribution in [0.4, 0.5) is 5.69 Å². The van der Waals surface area contributed by atoms with Crippen LogP contribution in [0.3, 0.4) is 0 Å². The van der Waals surface area contributed by atoms with Gasteiger partial charge < -0.3 is 15.5 Å². The highest BCUT2D eigenvalue weighted by Crippen LogP contribution is 2.24. The molecule has 1 amide bonds. The monoisotopic (exact) mass is 365 g/mol. The number of halogens is 1. The molecule has 2 aromatic rings. The number of rotatable bonds is 6. The van der Waals surface area contributed by atoms with E-state index in [0.29, 0.717) is 10.6 Å². The second kappa shape index (κ2) is 7.85. The quantitative estimate of drug-likeness (QED) is 0.677. The molecule has 0 saturated heterocycles. The van der Waals surface area contributed by atoms with Crippen LogP contribution in [0.2, 0.25) is 5.02 Å². The minimum absolute atomic E-state index is 0.0185. The summed E-state index contributed by atoms with van der Waals surface area (Å²) >= 11 is 6.84. The van der Waals surface area contributed by atoms with Crippen molar-refractivity contribution in [2.45, 2.75) is 4.90 Å². The number of hydrogen-bond acceptors (Lipinski definition) is 4. The van der Waals surface area contributed by atoms with E-state index in [1.165, 1.54) is 24.3 Å². The Morgan fingerprint density at radius 2 is 1.67 bits per heavy atom. The molecule has 0 aliphatic rings. The first kappa shape index (κ1) is 17.8. The second-order valence-corrected chi connectivity index (χ2v) is 6.06. The van der Waals surface area contributed by atoms with Crippen LogP contribution >= 0.6 is 23.4 Å². The molecular formula is C16H12ClNO5S. The summed E-state index contributed by atoms with van der Waals surface area (Å²) in [5.41, 5.74) is 0.308. The summed E-state index contributed by atoms with van der Waals surface area (Å²) < 4.78 is 0. The van der Waals surface area contributed by atoms with Gasteiger partial charge in [0, 0.05) is 10.6 Å². The molecule has 0 aromatic heterocycles. The van der Waals surface area contributed by atoms with Gasteiger partial charge in [-0.25, -0.2) is 9.59 Å². The fraction of sp³-hybridized carbons (Fsp3) is 0.0625. The van der Waals surface area contributed by atoms with Crippen LogP contribution in [-0.4, -0.2) is 33.8 Å². The largest absolute Gasteiger partial charge is 0.478 e. The topological polar surface area (TPSA) is 104 Å². The molecule has 0 heterocycles. The lowest BCUT2D eigenvalue weighted by Gasteiger charge is -2.08. The lowest BCUT2D eigenvalue weighted by Crippen LogP contribution is -2.15. The molecule has 0 aliphatic carbocycles. The van der Waals surface area contributed by atoms with Gasteiger partial charge in [-0.05, 0) is 30.3 Å². The lowest BCUT2D eigenvalue weighted by molar-refractivity contribution is -0.113. The van der Waals surface area contributed by atoms with Gasteiger partial charge in [0.15, 0.2) is 0 Å². The lowest BCUT2D eigenvalue weighted by atomic mass is 10.2. The number of carboxylic acid groups (broad SMARTS) is 2. The third kappa shape index (κ3) is 4.50. The molecular weight excluding hydrogens is 354 g/mol. The molecule has 0 unspecified atom stereocenters. The minimum Gasteiger partial charge on any atom is -0.478 e. The number of amides is 1. The Morgan fingerprint density at radius 1 is 1.00 bits per heavy atom. The first-order chi connectivity index (χ1) is 11.4. The first-order valence-electron chi connectivity index (χ1n) is 6.66. The zero-order valence-electron chi connectivity index (χ0n) is 12.2. The van der Waals surface area contributed by atoms with Crippen LogP contribution < -0.4 is 5.32 Å². The van der Waals surface area contributed by atoms with E-state index in [2.05, 4.69) is 5.32 Å². The molecule has 0 spiro atoms. The Bertz CT molecular complexity index is 809. The molecule has 0 saturated carbocycles. The number of carbonyl (C=O) groups is 3. The first-order valence-corrected chi connectivity index (χ1v) is 8.02. The fourth-order valence-electron chi connectivity index (χ4n) is 1.88. The Hall–Kier alpha value is -2.51. The molecule has 6 nitrogen and oxygen atoms in total. The van der Waals surface area contributed by atoms with Crippen LogP contribution in [0.15, 0.2) is 47.4 Å². The zero-order chi connectivity index (χ0) is 17.7. The summed E-state index contributed by atoms with van der Waals surface area (Å²) in [7, 11) is 0. The van der Waals surface area contributed by atoms with Crippen molar-refractivity contribution in [3.05, 3.63) is 58.6 Å². The molecule has 124 valence electrons. The number of nitrogens with one attached hydrogen (secondary N) is 1. The number of anilines is 1. The average Bonchev–Trinajstić information content (AvgIpc) is 2.54. The van der Waals surface area contributed by atoms with Gasteiger partial charge in [0.05, 0.1) is 21.9 Å². The Morgan fingerprint density at radius 3 is 2.33 bits per heavy atom. The van der Waals surface area contributed by atoms with Crippen LogP contribution in [0.1, 0.15) is 20.7 Å². The number of hydrogen-bond donors (Lipinski definition) is 3. The van der Waals surface area contributed by atoms with Crippen molar-refractivity contribution in [1.29, 1.82) is 0 Å². The number of carboxylic acids is 2. The molecule has 3 N–H and O–H groups in total. The highest BCUT2D eigenvalue weighted by atomic mass is 35.5. The maximum absolute atomic E-state index is 12.0. The van der Waals surface area contributed by atoms with E-state index in [1.807, 2.05) is 0 Å². The summed E-state index contributed by atoms with van der Waals surface area (Å²) in [6.45, 7) is 0. The van der Waals surface area contributed by atoms with Crippen LogP contribution in [0.25, 0.3) is 0 Å². The predicted molar refractivity (Wildman–Crippen MR) is 91.2 cm³/mol. The van der Waals surface area contributed by atoms with E-state index < -0.39 is 11.9 Å². The van der Waals surface area contributed by atoms with Crippen molar-refractivity contribution >= 4 is 46.9 Å². The standard InChI is InChI=1S/C16H12ClNO5S/c17-12-6-5-9(7-11(12)16(22)23)18-14(19)8-24-13-4-2-1-3-10(13)15(20)21/h1-7H,8H2,(H,18,19)(H,20,21)(H,22,23). The van der Waals surface area contributed by atoms with Gasteiger partial charge in [0.25, 0.3) is 0 Å². The van der Waals surface area contributed by atoms with Crippen molar-refractivity contribution in [3.8, 4) is 0 Å². The number of aromatic carboxylic acids is 2. The van der Waals surface area contributed by atoms with Crippen molar-refractivity contribution in [2.75, 3.05) is 11.1 Å². The van der Waals surface area contributed by atoms with Crippen LogP contribution in [0, 0.1) is 0 Å². The molecule has 0 aliphatic heterocycles. The zero-order valence-corrected chi connectivity index (χ0v) is 13.7. The Balaban J connectivity index is 2.03. The van der Waals surface area contributed by atoms with Gasteiger partial charge in [-0.2, -0.15) is 0 Å². The van der Waals surface area contributed by atoms with E-state index in [4.69, 9.17) is 21.8 Å². The fourth-order valence-corrected chi connectivity index (χ4v) is 2.92. The highest BCUT2D eigenvalue weighted by molar-refractivity contribution is 8.00. The van der Waals surface area contributed by atoms with Crippen LogP contribution in [-0.2, 0) is 4.79 Å². The molecule has 8 heteroatoms. The summed E-state index contributed by atoms with van der Waals surface area (Å²) in [6.07, 6.45) is 0. The van der Waals surface area contributed by atoms with Gasteiger partial charge in [-0.3, -0.25) is 4.79 Å². The molecule has 0 radical (unpaired) electrons. The molecule has 2 aromatic carbocycles. The number of carbonyl (C=O) groups excluding carboxylic acids is 1. The molecule has 0 fully saturated rings. The minimum atomic E-state index is -1.19. The molecule has 2 rings (SSSR count). The van der Waals surface area contributed by atoms with Gasteiger partial charge in [0.1, 0.15) is 0 Å². The molecule has 24 heavy (non-hydrogen) atoms. The maximum Gasteiger partial charge on any atom is 0.337 e. The normalized spacial score (nSPS) is 10.2. The summed E-state index contributed by atoms with van der Waals surface area (Å²) in [6, 6.07) is 10.5. The number of thioether (sulfide) groups is 1. The van der Waals surface area contributed by atoms with Gasteiger partial charge in [-0.15, -0.1) is 11.8 Å². The van der Waals surface area contributed by atoms with Crippen molar-refractivity contribution in [3.63, 3.8) is 0 Å². The average molecular weight is 366 g/mol. The molecule has 0 atom stereocenters. The Labute approximate surface area is 146 Å². The summed E-state index contributed by atoms with van der Waals surface area (Å²) in [5, 5.41) is 20.7. The number of benzene rings is 2. The van der Waals surface area contributed by atoms with Crippen molar-refractivity contribution in [2.24, 2.45) is 0 Å². The van der Waals surface area contributed by atoms with Gasteiger partial charge in [0.2, 0.25) is 5.91 Å². The molecule has 0 bridgehead atoms. The van der Waals surface area contributed by atoms with Crippen LogP contribution in [0.5, 0.6) is 0 Å². The third-order valence-electron chi connectivity index (χ3n) is 2.96. The Kier molecular flexibility index (Phi) is 5.83. The smallest absolute Gasteiger partial charge is 0.337 e. The van der Waals surface area contributed by atoms with Crippen molar-refractivity contribution in [1.82, 2.24) is 0 Å². The SMILES string of the molecule is O=C(CSc1ccccc1C(=O)O)Nc1ccc(Cl)c(C(=O)O)c1. The van der Waals surface area contributed by atoms with Crippen molar-refractivity contribution < 1.29 is 24.6 Å². The predicted octanol–water partition coefficient (Wildman–Crippen LogP) is 3.47.